The number of unbranched alkanes of at least 4 members (excludes halogenated alkanes) is 6. The van der Waals surface area contributed by atoms with Gasteiger partial charge < -0.3 is 10.0 Å². The van der Waals surface area contributed by atoms with E-state index in [-0.39, 0.29) is 11.9 Å². The molecular weight excluding hydrogens is 286 g/mol. The molecule has 2 atom stereocenters. The first kappa shape index (κ1) is 19.7. The van der Waals surface area contributed by atoms with Crippen molar-refractivity contribution in [1.82, 2.24) is 4.90 Å². The van der Waals surface area contributed by atoms with E-state index in [2.05, 4.69) is 6.92 Å². The molecule has 0 spiro atoms. The number of aliphatic hydroxyl groups excluding tert-OH is 1. The van der Waals surface area contributed by atoms with Crippen molar-refractivity contribution in [3.63, 3.8) is 0 Å². The molecule has 0 aliphatic heterocycles. The van der Waals surface area contributed by atoms with Crippen LogP contribution in [0.4, 0.5) is 0 Å². The van der Waals surface area contributed by atoms with Crippen LogP contribution >= 0.6 is 0 Å². The number of carbonyl (C=O) groups is 1. The Bertz CT molecular complexity index is 433. The van der Waals surface area contributed by atoms with Gasteiger partial charge in [0, 0.05) is 13.5 Å². The predicted octanol–water partition coefficient (Wildman–Crippen LogP) is 4.71. The average Bonchev–Trinajstić information content (AvgIpc) is 2.59. The molecule has 1 aromatic carbocycles. The first-order chi connectivity index (χ1) is 11.1. The molecule has 1 rings (SSSR count). The third-order valence-electron chi connectivity index (χ3n) is 4.60. The zero-order valence-corrected chi connectivity index (χ0v) is 15.0. The fraction of sp³-hybridized carbons (Fsp3) is 0.650. The summed E-state index contributed by atoms with van der Waals surface area (Å²) in [6, 6.07) is 9.33. The highest BCUT2D eigenvalue weighted by Crippen LogP contribution is 2.20. The zero-order valence-electron chi connectivity index (χ0n) is 15.0. The summed E-state index contributed by atoms with van der Waals surface area (Å²) in [7, 11) is 1.79. The van der Waals surface area contributed by atoms with Crippen LogP contribution in [0.3, 0.4) is 0 Å². The third-order valence-corrected chi connectivity index (χ3v) is 4.60. The van der Waals surface area contributed by atoms with E-state index in [9.17, 15) is 9.90 Å². The molecule has 23 heavy (non-hydrogen) atoms. The van der Waals surface area contributed by atoms with E-state index in [4.69, 9.17) is 0 Å². The van der Waals surface area contributed by atoms with Crippen molar-refractivity contribution < 1.29 is 9.90 Å². The number of benzene rings is 1. The number of carbonyl (C=O) groups excluding carboxylic acids is 1. The summed E-state index contributed by atoms with van der Waals surface area (Å²) in [5, 5.41) is 10.4. The van der Waals surface area contributed by atoms with Gasteiger partial charge in [0.05, 0.1) is 12.1 Å². The number of likely N-dealkylation sites (N-methyl/N-ethyl adjacent to an activating group) is 1. The maximum Gasteiger partial charge on any atom is 0.222 e. The van der Waals surface area contributed by atoms with Crippen LogP contribution in [0, 0.1) is 0 Å². The van der Waals surface area contributed by atoms with Crippen LogP contribution in [0.5, 0.6) is 0 Å². The van der Waals surface area contributed by atoms with E-state index in [1.807, 2.05) is 37.3 Å². The Morgan fingerprint density at radius 2 is 1.61 bits per heavy atom. The molecular formula is C20H33NO2. The van der Waals surface area contributed by atoms with Crippen LogP contribution < -0.4 is 0 Å². The number of rotatable bonds is 11. The number of amides is 1. The maximum atomic E-state index is 12.3. The minimum atomic E-state index is -0.640. The minimum Gasteiger partial charge on any atom is -0.386 e. The van der Waals surface area contributed by atoms with Crippen LogP contribution in [0.2, 0.25) is 0 Å². The molecule has 1 unspecified atom stereocenters. The Kier molecular flexibility index (Phi) is 9.61. The van der Waals surface area contributed by atoms with Gasteiger partial charge in [-0.15, -0.1) is 0 Å². The molecule has 0 heterocycles. The number of nitrogens with zero attached hydrogens (tertiary/aromatic N) is 1. The minimum absolute atomic E-state index is 0.126. The van der Waals surface area contributed by atoms with E-state index < -0.39 is 6.10 Å². The van der Waals surface area contributed by atoms with Gasteiger partial charge >= 0.3 is 0 Å². The highest BCUT2D eigenvalue weighted by atomic mass is 16.3. The Balaban J connectivity index is 2.29. The highest BCUT2D eigenvalue weighted by molar-refractivity contribution is 5.76. The van der Waals surface area contributed by atoms with Crippen LogP contribution in [-0.4, -0.2) is 29.0 Å². The highest BCUT2D eigenvalue weighted by Gasteiger charge is 2.23. The van der Waals surface area contributed by atoms with E-state index >= 15 is 0 Å². The molecule has 1 amide bonds. The first-order valence-corrected chi connectivity index (χ1v) is 9.06. The van der Waals surface area contributed by atoms with Gasteiger partial charge in [-0.1, -0.05) is 75.8 Å². The summed E-state index contributed by atoms with van der Waals surface area (Å²) in [4.78, 5) is 14.0. The molecule has 0 fully saturated rings. The van der Waals surface area contributed by atoms with Gasteiger partial charge in [0.25, 0.3) is 0 Å². The van der Waals surface area contributed by atoms with Gasteiger partial charge in [-0.2, -0.15) is 0 Å². The predicted molar refractivity (Wildman–Crippen MR) is 96.2 cm³/mol. The van der Waals surface area contributed by atoms with Crippen molar-refractivity contribution in [1.29, 1.82) is 0 Å². The van der Waals surface area contributed by atoms with Crippen molar-refractivity contribution in [3.05, 3.63) is 35.9 Å². The van der Waals surface area contributed by atoms with Gasteiger partial charge in [0.1, 0.15) is 0 Å². The van der Waals surface area contributed by atoms with Crippen molar-refractivity contribution in [2.24, 2.45) is 0 Å². The number of hydrogen-bond donors (Lipinski definition) is 1. The van der Waals surface area contributed by atoms with E-state index in [1.165, 1.54) is 32.1 Å². The van der Waals surface area contributed by atoms with Crippen molar-refractivity contribution in [3.8, 4) is 0 Å². The topological polar surface area (TPSA) is 40.5 Å². The largest absolute Gasteiger partial charge is 0.386 e. The van der Waals surface area contributed by atoms with Crippen LogP contribution in [0.25, 0.3) is 0 Å². The summed E-state index contributed by atoms with van der Waals surface area (Å²) < 4.78 is 0. The number of hydrogen-bond acceptors (Lipinski definition) is 2. The summed E-state index contributed by atoms with van der Waals surface area (Å²) >= 11 is 0. The molecule has 0 bridgehead atoms. The van der Waals surface area contributed by atoms with E-state index in [0.717, 1.165) is 18.4 Å². The summed E-state index contributed by atoms with van der Waals surface area (Å²) in [5.41, 5.74) is 0.857. The fourth-order valence-electron chi connectivity index (χ4n) is 2.78. The van der Waals surface area contributed by atoms with Crippen molar-refractivity contribution in [2.45, 2.75) is 77.4 Å². The molecule has 0 aliphatic carbocycles. The Morgan fingerprint density at radius 1 is 1.04 bits per heavy atom. The summed E-state index contributed by atoms with van der Waals surface area (Å²) in [5.74, 6) is 0.126. The second kappa shape index (κ2) is 11.2. The molecule has 1 aromatic rings. The van der Waals surface area contributed by atoms with Gasteiger partial charge in [0.15, 0.2) is 0 Å². The summed E-state index contributed by atoms with van der Waals surface area (Å²) in [6.07, 6.45) is 8.41. The SMILES string of the molecule is CCCCCCCCCC(=O)N(C)[C@@H](C)C(O)c1ccccc1. The fourth-order valence-corrected chi connectivity index (χ4v) is 2.78. The second-order valence-electron chi connectivity index (χ2n) is 6.47. The van der Waals surface area contributed by atoms with Gasteiger partial charge in [-0.05, 0) is 18.9 Å². The lowest BCUT2D eigenvalue weighted by Gasteiger charge is -2.29. The van der Waals surface area contributed by atoms with Crippen LogP contribution in [0.1, 0.15) is 76.9 Å². The molecule has 3 nitrogen and oxygen atoms in total. The average molecular weight is 319 g/mol. The quantitative estimate of drug-likeness (QED) is 0.600. The maximum absolute atomic E-state index is 12.3. The van der Waals surface area contributed by atoms with Crippen LogP contribution in [0.15, 0.2) is 30.3 Å². The normalized spacial score (nSPS) is 13.6. The standard InChI is InChI=1S/C20H33NO2/c1-4-5-6-7-8-9-13-16-19(22)21(3)17(2)20(23)18-14-11-10-12-15-18/h10-12,14-15,17,20,23H,4-9,13,16H2,1-3H3/t17-,20?/m0/s1. The first-order valence-electron chi connectivity index (χ1n) is 9.06. The smallest absolute Gasteiger partial charge is 0.222 e. The van der Waals surface area contributed by atoms with Crippen LogP contribution in [-0.2, 0) is 4.79 Å². The molecule has 3 heteroatoms. The lowest BCUT2D eigenvalue weighted by Crippen LogP contribution is -2.38. The second-order valence-corrected chi connectivity index (χ2v) is 6.47. The molecule has 1 N–H and O–H groups in total. The zero-order chi connectivity index (χ0) is 17.1. The van der Waals surface area contributed by atoms with Gasteiger partial charge in [0.2, 0.25) is 5.91 Å². The Labute approximate surface area is 141 Å². The van der Waals surface area contributed by atoms with E-state index in [1.54, 1.807) is 11.9 Å². The van der Waals surface area contributed by atoms with Crippen molar-refractivity contribution >= 4 is 5.91 Å². The summed E-state index contributed by atoms with van der Waals surface area (Å²) in [6.45, 7) is 4.12. The molecule has 130 valence electrons. The molecule has 0 saturated carbocycles. The Hall–Kier alpha value is -1.35. The molecule has 0 radical (unpaired) electrons. The van der Waals surface area contributed by atoms with Crippen molar-refractivity contribution in [2.75, 3.05) is 7.05 Å². The lowest BCUT2D eigenvalue weighted by atomic mass is 10.0. The third kappa shape index (κ3) is 7.17. The molecule has 0 aromatic heterocycles. The van der Waals surface area contributed by atoms with Gasteiger partial charge in [-0.25, -0.2) is 0 Å². The monoisotopic (exact) mass is 319 g/mol. The Morgan fingerprint density at radius 3 is 2.22 bits per heavy atom. The van der Waals surface area contributed by atoms with E-state index in [0.29, 0.717) is 6.42 Å². The molecule has 0 aliphatic rings. The molecule has 0 saturated heterocycles. The number of aliphatic hydroxyl groups is 1. The van der Waals surface area contributed by atoms with Gasteiger partial charge in [-0.3, -0.25) is 4.79 Å². The lowest BCUT2D eigenvalue weighted by molar-refractivity contribution is -0.134.